The van der Waals surface area contributed by atoms with Crippen molar-refractivity contribution in [2.24, 2.45) is 62.6 Å². The molecule has 0 amide bonds. The standard InChI is InChI=1S/C43H65NO3/c1-27(2)25-37(46)47-36-18-19-40(8)33(39(36,6)7)17-20-42(10)34(40)15-14-31-38-30(28(3)4)16-21-43(38,23-22-41(31,42)9)35(45)26-29(5)32-13-11-12-24-44-32/h11-13,24,27,29-31,33-34,36,38H,3,14-23,25-26H2,1-2,4-10H3/t29-,30-,31?,33?,34?,36?,38?,40-,41+,42+,43+/m0/s1. The van der Waals surface area contributed by atoms with E-state index in [4.69, 9.17) is 4.74 Å². The lowest BCUT2D eigenvalue weighted by atomic mass is 9.32. The molecule has 47 heavy (non-hydrogen) atoms. The molecule has 260 valence electrons. The number of hydrogen-bond donors (Lipinski definition) is 0. The van der Waals surface area contributed by atoms with Gasteiger partial charge in [-0.15, -0.1) is 0 Å². The van der Waals surface area contributed by atoms with Gasteiger partial charge in [0.1, 0.15) is 11.9 Å². The third kappa shape index (κ3) is 5.31. The molecule has 1 aromatic rings. The zero-order chi connectivity index (χ0) is 34.2. The van der Waals surface area contributed by atoms with Gasteiger partial charge in [0.05, 0.1) is 0 Å². The molecule has 1 heterocycles. The van der Waals surface area contributed by atoms with Gasteiger partial charge in [0.15, 0.2) is 0 Å². The van der Waals surface area contributed by atoms with Crippen LogP contribution in [0.3, 0.4) is 0 Å². The van der Waals surface area contributed by atoms with Gasteiger partial charge in [0, 0.05) is 41.5 Å². The third-order valence-electron chi connectivity index (χ3n) is 16.1. The number of hydrogen-bond acceptors (Lipinski definition) is 4. The smallest absolute Gasteiger partial charge is 0.306 e. The highest BCUT2D eigenvalue weighted by molar-refractivity contribution is 5.86. The Labute approximate surface area is 286 Å². The van der Waals surface area contributed by atoms with Crippen LogP contribution in [-0.4, -0.2) is 22.8 Å². The summed E-state index contributed by atoms with van der Waals surface area (Å²) in [7, 11) is 0. The van der Waals surface area contributed by atoms with Crippen molar-refractivity contribution in [3.8, 4) is 0 Å². The number of Topliss-reactive ketones (excluding diaryl/α,β-unsaturated/α-hetero) is 1. The van der Waals surface area contributed by atoms with Gasteiger partial charge in [-0.3, -0.25) is 14.6 Å². The highest BCUT2D eigenvalue weighted by atomic mass is 16.5. The summed E-state index contributed by atoms with van der Waals surface area (Å²) in [5.41, 5.74) is 2.74. The molecule has 0 saturated heterocycles. The largest absolute Gasteiger partial charge is 0.462 e. The molecule has 0 bridgehead atoms. The topological polar surface area (TPSA) is 56.3 Å². The molecule has 0 spiro atoms. The first-order chi connectivity index (χ1) is 22.0. The molecule has 6 rings (SSSR count). The number of fused-ring (bicyclic) bond motifs is 7. The Bertz CT molecular complexity index is 1370. The van der Waals surface area contributed by atoms with Crippen LogP contribution in [0.25, 0.3) is 0 Å². The maximum absolute atomic E-state index is 14.7. The van der Waals surface area contributed by atoms with E-state index in [1.807, 2.05) is 18.3 Å². The van der Waals surface area contributed by atoms with Crippen LogP contribution in [0.5, 0.6) is 0 Å². The number of nitrogens with zero attached hydrogens (tertiary/aromatic N) is 1. The first-order valence-electron chi connectivity index (χ1n) is 19.3. The van der Waals surface area contributed by atoms with Crippen LogP contribution >= 0.6 is 0 Å². The van der Waals surface area contributed by atoms with Gasteiger partial charge in [-0.1, -0.05) is 73.6 Å². The minimum atomic E-state index is -0.221. The zero-order valence-electron chi connectivity index (χ0n) is 31.3. The molecular weight excluding hydrogens is 578 g/mol. The van der Waals surface area contributed by atoms with E-state index in [1.165, 1.54) is 31.3 Å². The summed E-state index contributed by atoms with van der Waals surface area (Å²) in [5, 5.41) is 0. The lowest BCUT2D eigenvalue weighted by Gasteiger charge is -2.73. The molecule has 4 heteroatoms. The van der Waals surface area contributed by atoms with E-state index in [0.29, 0.717) is 54.1 Å². The molecule has 5 saturated carbocycles. The van der Waals surface area contributed by atoms with Crippen LogP contribution in [0.4, 0.5) is 0 Å². The van der Waals surface area contributed by atoms with Crippen LogP contribution in [0.2, 0.25) is 0 Å². The van der Waals surface area contributed by atoms with Crippen LogP contribution in [0.1, 0.15) is 151 Å². The lowest BCUT2D eigenvalue weighted by molar-refractivity contribution is -0.249. The summed E-state index contributed by atoms with van der Waals surface area (Å²) in [6.07, 6.45) is 14.4. The molecule has 1 aromatic heterocycles. The van der Waals surface area contributed by atoms with Gasteiger partial charge in [-0.2, -0.15) is 0 Å². The van der Waals surface area contributed by atoms with Gasteiger partial charge in [0.25, 0.3) is 0 Å². The summed E-state index contributed by atoms with van der Waals surface area (Å²) in [4.78, 5) is 32.1. The highest BCUT2D eigenvalue weighted by Crippen LogP contribution is 2.77. The van der Waals surface area contributed by atoms with Crippen LogP contribution in [-0.2, 0) is 14.3 Å². The third-order valence-corrected chi connectivity index (χ3v) is 16.1. The minimum absolute atomic E-state index is 0.00714. The average molecular weight is 644 g/mol. The summed E-state index contributed by atoms with van der Waals surface area (Å²) in [6, 6.07) is 6.09. The summed E-state index contributed by atoms with van der Waals surface area (Å²) in [6.45, 7) is 26.0. The second-order valence-corrected chi connectivity index (χ2v) is 19.1. The molecular formula is C43H65NO3. The SMILES string of the molecule is C=C(C)[C@@H]1CC[C@]2(C(=O)C[C@H](C)c3ccccn3)CC[C@]3(C)C(CCC4[C@@]5(C)CCC(OC(=O)CC(C)C)C(C)(C)C5CC[C@]43C)C12. The molecule has 5 fully saturated rings. The van der Waals surface area contributed by atoms with Crippen LogP contribution in [0, 0.1) is 62.6 Å². The van der Waals surface area contributed by atoms with Crippen LogP contribution < -0.4 is 0 Å². The second kappa shape index (κ2) is 12.1. The van der Waals surface area contributed by atoms with Crippen molar-refractivity contribution in [3.05, 3.63) is 42.2 Å². The lowest BCUT2D eigenvalue weighted by Crippen LogP contribution is -2.67. The van der Waals surface area contributed by atoms with Gasteiger partial charge in [-0.25, -0.2) is 0 Å². The molecule has 0 N–H and O–H groups in total. The van der Waals surface area contributed by atoms with Gasteiger partial charge < -0.3 is 4.74 Å². The van der Waals surface area contributed by atoms with Crippen molar-refractivity contribution in [2.75, 3.05) is 0 Å². The summed E-state index contributed by atoms with van der Waals surface area (Å²) in [5.74, 6) is 3.54. The minimum Gasteiger partial charge on any atom is -0.462 e. The molecule has 4 nitrogen and oxygen atoms in total. The predicted molar refractivity (Wildman–Crippen MR) is 191 cm³/mol. The van der Waals surface area contributed by atoms with E-state index < -0.39 is 0 Å². The van der Waals surface area contributed by atoms with E-state index in [2.05, 4.69) is 79.9 Å². The van der Waals surface area contributed by atoms with Crippen molar-refractivity contribution in [2.45, 2.75) is 151 Å². The Morgan fingerprint density at radius 2 is 1.62 bits per heavy atom. The number of pyridine rings is 1. The first kappa shape index (κ1) is 34.9. The molecule has 5 aliphatic carbocycles. The van der Waals surface area contributed by atoms with Gasteiger partial charge in [0.2, 0.25) is 0 Å². The normalized spacial score (nSPS) is 42.8. The molecule has 11 atom stereocenters. The fourth-order valence-electron chi connectivity index (χ4n) is 13.6. The maximum Gasteiger partial charge on any atom is 0.306 e. The van der Waals surface area contributed by atoms with E-state index in [-0.39, 0.29) is 45.1 Å². The van der Waals surface area contributed by atoms with Gasteiger partial charge >= 0.3 is 5.97 Å². The first-order valence-corrected chi connectivity index (χ1v) is 19.3. The highest BCUT2D eigenvalue weighted by Gasteiger charge is 2.72. The van der Waals surface area contributed by atoms with E-state index >= 15 is 0 Å². The van der Waals surface area contributed by atoms with E-state index in [1.54, 1.807) is 0 Å². The van der Waals surface area contributed by atoms with Crippen molar-refractivity contribution >= 4 is 11.8 Å². The fraction of sp³-hybridized carbons (Fsp3) is 0.791. The van der Waals surface area contributed by atoms with Crippen LogP contribution in [0.15, 0.2) is 36.5 Å². The second-order valence-electron chi connectivity index (χ2n) is 19.1. The monoisotopic (exact) mass is 643 g/mol. The van der Waals surface area contributed by atoms with E-state index in [0.717, 1.165) is 44.2 Å². The van der Waals surface area contributed by atoms with Gasteiger partial charge in [-0.05, 0) is 135 Å². The van der Waals surface area contributed by atoms with E-state index in [9.17, 15) is 9.59 Å². The molecule has 5 aliphatic rings. The molecule has 5 unspecified atom stereocenters. The Balaban J connectivity index is 1.29. The maximum atomic E-state index is 14.7. The summed E-state index contributed by atoms with van der Waals surface area (Å²) >= 11 is 0. The Morgan fingerprint density at radius 3 is 2.28 bits per heavy atom. The molecule has 0 aliphatic heterocycles. The number of ketones is 1. The Morgan fingerprint density at radius 1 is 0.872 bits per heavy atom. The number of aromatic nitrogens is 1. The number of carbonyl (C=O) groups is 2. The summed E-state index contributed by atoms with van der Waals surface area (Å²) < 4.78 is 6.27. The molecule has 0 radical (unpaired) electrons. The Hall–Kier alpha value is -1.97. The predicted octanol–water partition coefficient (Wildman–Crippen LogP) is 10.8. The zero-order valence-corrected chi connectivity index (χ0v) is 31.3. The fourth-order valence-corrected chi connectivity index (χ4v) is 13.6. The quantitative estimate of drug-likeness (QED) is 0.209. The van der Waals surface area contributed by atoms with Crippen molar-refractivity contribution < 1.29 is 14.3 Å². The Kier molecular flexibility index (Phi) is 8.99. The number of ether oxygens (including phenoxy) is 1. The molecule has 0 aromatic carbocycles. The van der Waals surface area contributed by atoms with Crippen molar-refractivity contribution in [1.29, 1.82) is 0 Å². The average Bonchev–Trinajstić information content (AvgIpc) is 3.40. The number of carbonyl (C=O) groups excluding carboxylic acids is 2. The number of esters is 1. The number of rotatable bonds is 8. The van der Waals surface area contributed by atoms with Crippen molar-refractivity contribution in [3.63, 3.8) is 0 Å². The number of allylic oxidation sites excluding steroid dienone is 1. The van der Waals surface area contributed by atoms with Crippen molar-refractivity contribution in [1.82, 2.24) is 4.98 Å².